The minimum absolute atomic E-state index is 0.0800. The lowest BCUT2D eigenvalue weighted by Crippen LogP contribution is -2.62. The minimum Gasteiger partial charge on any atom is -0.311 e. The molecule has 1 fully saturated rings. The fraction of sp³-hybridized carbons (Fsp3) is 0.390. The molecular weight excluding hydrogens is 780 g/mol. The molecule has 7 aromatic rings. The number of aryl methyl sites for hydroxylation is 1. The molecule has 1 saturated carbocycles. The van der Waals surface area contributed by atoms with Gasteiger partial charge in [0.05, 0.1) is 0 Å². The normalized spacial score (nSPS) is 20.2. The van der Waals surface area contributed by atoms with E-state index in [1.54, 1.807) is 5.56 Å². The summed E-state index contributed by atoms with van der Waals surface area (Å²) in [7, 11) is 0. The smallest absolute Gasteiger partial charge is 0.252 e. The molecule has 0 saturated heterocycles. The zero-order valence-corrected chi connectivity index (χ0v) is 40.0. The number of nitrogens with zero attached hydrogens (tertiary/aromatic N) is 2. The fourth-order valence-electron chi connectivity index (χ4n) is 13.0. The molecule has 0 amide bonds. The van der Waals surface area contributed by atoms with Gasteiger partial charge in [0.25, 0.3) is 6.71 Å². The van der Waals surface area contributed by atoms with Crippen molar-refractivity contribution >= 4 is 88.7 Å². The summed E-state index contributed by atoms with van der Waals surface area (Å²) in [6.45, 7) is 22.3. The Kier molecular flexibility index (Phi) is 8.60. The number of thiophene rings is 1. The van der Waals surface area contributed by atoms with Gasteiger partial charge in [0.2, 0.25) is 0 Å². The molecule has 2 nitrogen and oxygen atoms in total. The van der Waals surface area contributed by atoms with Gasteiger partial charge in [-0.05, 0) is 177 Å². The molecular formula is C59H63BN2S. The van der Waals surface area contributed by atoms with Gasteiger partial charge in [-0.25, -0.2) is 0 Å². The molecule has 63 heavy (non-hydrogen) atoms. The van der Waals surface area contributed by atoms with Crippen LogP contribution in [0, 0.1) is 6.92 Å². The van der Waals surface area contributed by atoms with E-state index in [1.807, 2.05) is 11.3 Å². The number of hydrogen-bond acceptors (Lipinski definition) is 3. The number of hydrogen-bond donors (Lipinski definition) is 0. The van der Waals surface area contributed by atoms with Gasteiger partial charge in [0.15, 0.2) is 0 Å². The average Bonchev–Trinajstić information content (AvgIpc) is 3.64. The predicted octanol–water partition coefficient (Wildman–Crippen LogP) is 15.2. The molecule has 1 aromatic heterocycles. The highest BCUT2D eigenvalue weighted by atomic mass is 32.1. The zero-order valence-electron chi connectivity index (χ0n) is 39.1. The first-order chi connectivity index (χ1) is 30.1. The van der Waals surface area contributed by atoms with Crippen LogP contribution in [0.5, 0.6) is 0 Å². The van der Waals surface area contributed by atoms with Crippen LogP contribution in [0.2, 0.25) is 0 Å². The van der Waals surface area contributed by atoms with Crippen molar-refractivity contribution in [3.05, 3.63) is 137 Å². The number of benzene rings is 6. The van der Waals surface area contributed by atoms with E-state index in [9.17, 15) is 0 Å². The van der Waals surface area contributed by atoms with E-state index < -0.39 is 0 Å². The Labute approximate surface area is 380 Å². The van der Waals surface area contributed by atoms with Crippen LogP contribution in [0.3, 0.4) is 0 Å². The summed E-state index contributed by atoms with van der Waals surface area (Å²) in [4.78, 5) is 5.47. The van der Waals surface area contributed by atoms with Gasteiger partial charge in [0.1, 0.15) is 0 Å². The summed E-state index contributed by atoms with van der Waals surface area (Å²) < 4.78 is 2.73. The van der Waals surface area contributed by atoms with Gasteiger partial charge in [-0.2, -0.15) is 0 Å². The Bertz CT molecular complexity index is 3050. The van der Waals surface area contributed by atoms with E-state index in [1.165, 1.54) is 156 Å². The highest BCUT2D eigenvalue weighted by molar-refractivity contribution is 7.26. The van der Waals surface area contributed by atoms with Crippen LogP contribution >= 0.6 is 11.3 Å². The van der Waals surface area contributed by atoms with E-state index in [0.29, 0.717) is 5.92 Å². The van der Waals surface area contributed by atoms with Crippen molar-refractivity contribution in [2.75, 3.05) is 9.80 Å². The topological polar surface area (TPSA) is 6.48 Å². The van der Waals surface area contributed by atoms with Crippen LogP contribution < -0.4 is 26.2 Å². The molecule has 0 atom stereocenters. The monoisotopic (exact) mass is 842 g/mol. The van der Waals surface area contributed by atoms with Crippen molar-refractivity contribution in [2.45, 2.75) is 148 Å². The largest absolute Gasteiger partial charge is 0.311 e. The van der Waals surface area contributed by atoms with E-state index in [0.717, 1.165) is 0 Å². The third kappa shape index (κ3) is 5.88. The average molecular weight is 843 g/mol. The molecule has 4 heteroatoms. The van der Waals surface area contributed by atoms with Gasteiger partial charge in [-0.15, -0.1) is 11.3 Å². The van der Waals surface area contributed by atoms with Crippen LogP contribution in [0.25, 0.3) is 20.2 Å². The molecule has 0 spiro atoms. The Morgan fingerprint density at radius 3 is 1.79 bits per heavy atom. The number of rotatable bonds is 3. The zero-order chi connectivity index (χ0) is 43.4. The summed E-state index contributed by atoms with van der Waals surface area (Å²) in [5, 5.41) is 2.75. The summed E-state index contributed by atoms with van der Waals surface area (Å²) in [6, 6.07) is 41.8. The summed E-state index contributed by atoms with van der Waals surface area (Å²) in [5.74, 6) is 0.554. The predicted molar refractivity (Wildman–Crippen MR) is 274 cm³/mol. The third-order valence-electron chi connectivity index (χ3n) is 17.1. The second-order valence-electron chi connectivity index (χ2n) is 22.9. The first-order valence-electron chi connectivity index (χ1n) is 24.2. The number of para-hydroxylation sites is 1. The maximum Gasteiger partial charge on any atom is 0.252 e. The molecule has 0 N–H and O–H groups in total. The van der Waals surface area contributed by atoms with E-state index in [-0.39, 0.29) is 28.4 Å². The van der Waals surface area contributed by atoms with Crippen LogP contribution in [-0.4, -0.2) is 6.71 Å². The number of fused-ring (bicyclic) bond motifs is 9. The molecule has 2 aliphatic heterocycles. The fourth-order valence-corrected chi connectivity index (χ4v) is 14.2. The Morgan fingerprint density at radius 2 is 1.08 bits per heavy atom. The van der Waals surface area contributed by atoms with Crippen LogP contribution in [0.4, 0.5) is 34.1 Å². The highest BCUT2D eigenvalue weighted by Gasteiger charge is 2.48. The molecule has 6 aromatic carbocycles. The van der Waals surface area contributed by atoms with Crippen molar-refractivity contribution in [1.82, 2.24) is 0 Å². The molecule has 5 aliphatic rings. The molecule has 0 radical (unpaired) electrons. The second kappa shape index (κ2) is 13.6. The van der Waals surface area contributed by atoms with Gasteiger partial charge < -0.3 is 9.80 Å². The molecule has 318 valence electrons. The van der Waals surface area contributed by atoms with Gasteiger partial charge in [-0.1, -0.05) is 129 Å². The molecule has 0 unspecified atom stereocenters. The van der Waals surface area contributed by atoms with Crippen molar-refractivity contribution < 1.29 is 0 Å². The van der Waals surface area contributed by atoms with Crippen molar-refractivity contribution in [1.29, 1.82) is 0 Å². The summed E-state index contributed by atoms with van der Waals surface area (Å²) in [5.41, 5.74) is 21.7. The SMILES string of the molecule is Cc1ccccc1N1c2cc3sc4ccccc4c3cc2B2c3cc4c(cc3N(c3ccc5c(c3)C(C)(C)CCC5(C)C)c3cc(C5CCCCC5)cc1c32)C(C)(C)CCC4(C)C. The van der Waals surface area contributed by atoms with E-state index in [2.05, 4.69) is 175 Å². The third-order valence-corrected chi connectivity index (χ3v) is 18.2. The van der Waals surface area contributed by atoms with Crippen LogP contribution in [0.15, 0.2) is 103 Å². The lowest BCUT2D eigenvalue weighted by atomic mass is 9.33. The van der Waals surface area contributed by atoms with Crippen molar-refractivity contribution in [2.24, 2.45) is 0 Å². The van der Waals surface area contributed by atoms with E-state index in [4.69, 9.17) is 0 Å². The van der Waals surface area contributed by atoms with Crippen LogP contribution in [-0.2, 0) is 21.7 Å². The summed E-state index contributed by atoms with van der Waals surface area (Å²) in [6.07, 6.45) is 11.3. The Morgan fingerprint density at radius 1 is 0.492 bits per heavy atom. The minimum atomic E-state index is 0.0800. The van der Waals surface area contributed by atoms with Crippen molar-refractivity contribution in [3.8, 4) is 0 Å². The maximum atomic E-state index is 2.77. The molecule has 3 heterocycles. The Balaban J connectivity index is 1.24. The van der Waals surface area contributed by atoms with Crippen LogP contribution in [0.1, 0.15) is 152 Å². The van der Waals surface area contributed by atoms with Gasteiger partial charge in [0, 0.05) is 48.9 Å². The Hall–Kier alpha value is -4.80. The first-order valence-corrected chi connectivity index (χ1v) is 25.1. The first kappa shape index (κ1) is 39.8. The maximum absolute atomic E-state index is 2.77. The van der Waals surface area contributed by atoms with Gasteiger partial charge in [-0.3, -0.25) is 0 Å². The van der Waals surface area contributed by atoms with Gasteiger partial charge >= 0.3 is 0 Å². The molecule has 0 bridgehead atoms. The molecule has 12 rings (SSSR count). The quantitative estimate of drug-likeness (QED) is 0.164. The summed E-state index contributed by atoms with van der Waals surface area (Å²) >= 11 is 1.95. The lowest BCUT2D eigenvalue weighted by molar-refractivity contribution is 0.332. The number of anilines is 6. The lowest BCUT2D eigenvalue weighted by Gasteiger charge is -2.48. The van der Waals surface area contributed by atoms with E-state index >= 15 is 0 Å². The second-order valence-corrected chi connectivity index (χ2v) is 24.0. The highest BCUT2D eigenvalue weighted by Crippen LogP contribution is 2.54. The molecule has 3 aliphatic carbocycles. The standard InChI is InChI=1S/C59H63BN2S/c1-36-17-13-15-21-48(36)62-50-35-54-41(40-20-14-16-22-53(40)63-54)32-46(50)60-47-33-44-45(59(8,9)28-27-58(44,6)7)34-49(47)61(39-23-24-42-43(31-39)57(4,5)26-25-56(42,2)3)51-29-38(30-52(62)55(51)60)37-18-11-10-12-19-37/h13-17,20-24,29-35,37H,10-12,18-19,25-28H2,1-9H3. The van der Waals surface area contributed by atoms with Crippen molar-refractivity contribution in [3.63, 3.8) is 0 Å².